The fourth-order valence-corrected chi connectivity index (χ4v) is 1.03. The summed E-state index contributed by atoms with van der Waals surface area (Å²) in [6.07, 6.45) is 3.55. The van der Waals surface area contributed by atoms with E-state index in [0.29, 0.717) is 4.32 Å². The van der Waals surface area contributed by atoms with Crippen LogP contribution in [0, 0.1) is 6.92 Å². The molecule has 0 fully saturated rings. The van der Waals surface area contributed by atoms with Gasteiger partial charge in [0.05, 0.1) is 11.9 Å². The molecule has 0 aliphatic rings. The zero-order valence-corrected chi connectivity index (χ0v) is 10.9. The van der Waals surface area contributed by atoms with Crippen LogP contribution in [0.3, 0.4) is 0 Å². The number of aromatic nitrogens is 1. The van der Waals surface area contributed by atoms with E-state index in [1.54, 1.807) is 6.21 Å². The first-order chi connectivity index (χ1) is 6.72. The maximum atomic E-state index is 4.91. The second kappa shape index (κ2) is 7.82. The average Bonchev–Trinajstić information content (AvgIpc) is 2.17. The summed E-state index contributed by atoms with van der Waals surface area (Å²) in [6.45, 7) is 1.94. The quantitative estimate of drug-likeness (QED) is 0.391. The Hall–Kier alpha value is -0.421. The first-order valence-electron chi connectivity index (χ1n) is 4.03. The summed E-state index contributed by atoms with van der Waals surface area (Å²) >= 11 is 6.36. The van der Waals surface area contributed by atoms with Crippen molar-refractivity contribution in [1.29, 1.82) is 0 Å². The van der Waals surface area contributed by atoms with Crippen molar-refractivity contribution in [2.75, 3.05) is 6.26 Å². The van der Waals surface area contributed by atoms with Gasteiger partial charge in [0.2, 0.25) is 0 Å². The molecular formula is C9H11CuN3S2. The third-order valence-electron chi connectivity index (χ3n) is 1.45. The van der Waals surface area contributed by atoms with Crippen molar-refractivity contribution in [3.05, 3.63) is 29.6 Å². The van der Waals surface area contributed by atoms with Crippen molar-refractivity contribution < 1.29 is 17.1 Å². The number of aryl methyl sites for hydroxylation is 1. The topological polar surface area (TPSA) is 37.3 Å². The molecule has 0 aliphatic carbocycles. The first-order valence-corrected chi connectivity index (χ1v) is 5.66. The Morgan fingerprint density at radius 2 is 2.33 bits per heavy atom. The third kappa shape index (κ3) is 5.89. The number of rotatable bonds is 2. The molecule has 0 atom stereocenters. The van der Waals surface area contributed by atoms with Crippen LogP contribution in [0.25, 0.3) is 0 Å². The van der Waals surface area contributed by atoms with Crippen molar-refractivity contribution >= 4 is 34.5 Å². The molecule has 0 unspecified atom stereocenters. The van der Waals surface area contributed by atoms with Gasteiger partial charge < -0.3 is 0 Å². The van der Waals surface area contributed by atoms with E-state index in [4.69, 9.17) is 12.2 Å². The molecule has 0 amide bonds. The first kappa shape index (κ1) is 14.6. The summed E-state index contributed by atoms with van der Waals surface area (Å²) < 4.78 is 0.647. The minimum atomic E-state index is 0. The summed E-state index contributed by atoms with van der Waals surface area (Å²) in [5.74, 6) is 0. The van der Waals surface area contributed by atoms with Gasteiger partial charge in [-0.2, -0.15) is 5.10 Å². The normalized spacial score (nSPS) is 9.73. The summed E-state index contributed by atoms with van der Waals surface area (Å²) in [4.78, 5) is 4.26. The van der Waals surface area contributed by atoms with Gasteiger partial charge in [0.25, 0.3) is 0 Å². The van der Waals surface area contributed by atoms with Gasteiger partial charge in [-0.1, -0.05) is 30.0 Å². The van der Waals surface area contributed by atoms with E-state index < -0.39 is 0 Å². The van der Waals surface area contributed by atoms with Gasteiger partial charge in [-0.15, -0.1) is 0 Å². The van der Waals surface area contributed by atoms with Crippen LogP contribution in [-0.4, -0.2) is 21.8 Å². The predicted octanol–water partition coefficient (Wildman–Crippen LogP) is 1.96. The van der Waals surface area contributed by atoms with Gasteiger partial charge in [0.1, 0.15) is 0 Å². The predicted molar refractivity (Wildman–Crippen MR) is 65.8 cm³/mol. The molecule has 0 saturated carbocycles. The molecular weight excluding hydrogens is 278 g/mol. The monoisotopic (exact) mass is 288 g/mol. The Kier molecular flexibility index (Phi) is 7.60. The molecule has 0 aromatic carbocycles. The molecule has 0 saturated heterocycles. The largest absolute Gasteiger partial charge is 0.262 e. The Labute approximate surface area is 110 Å². The molecule has 85 valence electrons. The van der Waals surface area contributed by atoms with Crippen LogP contribution >= 0.6 is 24.0 Å². The van der Waals surface area contributed by atoms with Gasteiger partial charge in [0.15, 0.2) is 4.32 Å². The number of nitrogens with one attached hydrogen (secondary N) is 1. The summed E-state index contributed by atoms with van der Waals surface area (Å²) in [5, 5.41) is 3.95. The Balaban J connectivity index is 0.00000196. The second-order valence-electron chi connectivity index (χ2n) is 2.57. The van der Waals surface area contributed by atoms with Crippen molar-refractivity contribution in [3.63, 3.8) is 0 Å². The molecule has 1 aromatic heterocycles. The van der Waals surface area contributed by atoms with Crippen LogP contribution in [0.15, 0.2) is 23.3 Å². The molecule has 1 N–H and O–H groups in total. The molecule has 1 radical (unpaired) electrons. The van der Waals surface area contributed by atoms with E-state index in [2.05, 4.69) is 15.5 Å². The van der Waals surface area contributed by atoms with Crippen LogP contribution in [-0.2, 0) is 17.1 Å². The maximum absolute atomic E-state index is 4.91. The molecule has 6 heteroatoms. The van der Waals surface area contributed by atoms with Gasteiger partial charge in [-0.05, 0) is 25.3 Å². The summed E-state index contributed by atoms with van der Waals surface area (Å²) in [7, 11) is 0. The number of hydrogen-bond acceptors (Lipinski definition) is 4. The Morgan fingerprint density at radius 3 is 2.93 bits per heavy atom. The Morgan fingerprint density at radius 1 is 1.60 bits per heavy atom. The number of hydrogen-bond donors (Lipinski definition) is 1. The Bertz CT molecular complexity index is 355. The number of pyridine rings is 1. The number of thioether (sulfide) groups is 1. The van der Waals surface area contributed by atoms with Crippen LogP contribution in [0.5, 0.6) is 0 Å². The van der Waals surface area contributed by atoms with Gasteiger partial charge >= 0.3 is 0 Å². The molecule has 15 heavy (non-hydrogen) atoms. The van der Waals surface area contributed by atoms with Gasteiger partial charge in [-0.3, -0.25) is 10.4 Å². The standard InChI is InChI=1S/C9H11N3S2.Cu/c1-7-4-3-5-8(11-7)6-10-12-9(13)14-2;/h3-6H,1-2H3,(H,12,13);. The number of nitrogens with zero attached hydrogens (tertiary/aromatic N) is 2. The molecule has 0 aliphatic heterocycles. The zero-order valence-electron chi connectivity index (χ0n) is 8.32. The second-order valence-corrected chi connectivity index (χ2v) is 4.05. The van der Waals surface area contributed by atoms with E-state index in [1.807, 2.05) is 31.4 Å². The fourth-order valence-electron chi connectivity index (χ4n) is 0.833. The minimum Gasteiger partial charge on any atom is -0.262 e. The van der Waals surface area contributed by atoms with Crippen LogP contribution in [0.4, 0.5) is 0 Å². The number of thiocarbonyl (C=S) groups is 1. The average molecular weight is 289 g/mol. The molecule has 1 heterocycles. The molecule has 0 spiro atoms. The fraction of sp³-hybridized carbons (Fsp3) is 0.222. The third-order valence-corrected chi connectivity index (χ3v) is 2.50. The smallest absolute Gasteiger partial charge is 0.153 e. The summed E-state index contributed by atoms with van der Waals surface area (Å²) in [5.41, 5.74) is 4.52. The van der Waals surface area contributed by atoms with Crippen molar-refractivity contribution in [3.8, 4) is 0 Å². The van der Waals surface area contributed by atoms with E-state index in [1.165, 1.54) is 11.8 Å². The van der Waals surface area contributed by atoms with E-state index in [-0.39, 0.29) is 17.1 Å². The van der Waals surface area contributed by atoms with Crippen molar-refractivity contribution in [2.24, 2.45) is 5.10 Å². The summed E-state index contributed by atoms with van der Waals surface area (Å²) in [6, 6.07) is 5.77. The van der Waals surface area contributed by atoms with Crippen molar-refractivity contribution in [1.82, 2.24) is 10.4 Å². The van der Waals surface area contributed by atoms with Gasteiger partial charge in [-0.25, -0.2) is 0 Å². The van der Waals surface area contributed by atoms with E-state index >= 15 is 0 Å². The molecule has 1 rings (SSSR count). The van der Waals surface area contributed by atoms with Crippen LogP contribution < -0.4 is 5.43 Å². The van der Waals surface area contributed by atoms with Crippen LogP contribution in [0.1, 0.15) is 11.4 Å². The zero-order chi connectivity index (χ0) is 10.4. The maximum Gasteiger partial charge on any atom is 0.153 e. The van der Waals surface area contributed by atoms with Gasteiger partial charge in [0, 0.05) is 22.8 Å². The van der Waals surface area contributed by atoms with Crippen molar-refractivity contribution in [2.45, 2.75) is 6.92 Å². The molecule has 3 nitrogen and oxygen atoms in total. The molecule has 1 aromatic rings. The number of hydrazone groups is 1. The SMILES string of the molecule is CSC(=S)NN=Cc1cccc(C)n1.[Cu]. The minimum absolute atomic E-state index is 0. The van der Waals surface area contributed by atoms with E-state index in [0.717, 1.165) is 11.4 Å². The van der Waals surface area contributed by atoms with E-state index in [9.17, 15) is 0 Å². The molecule has 0 bridgehead atoms. The van der Waals surface area contributed by atoms with Crippen LogP contribution in [0.2, 0.25) is 0 Å².